The van der Waals surface area contributed by atoms with E-state index in [0.717, 1.165) is 13.8 Å². The molecule has 0 aliphatic heterocycles. The first kappa shape index (κ1) is 32.2. The van der Waals surface area contributed by atoms with Crippen molar-refractivity contribution in [1.82, 2.24) is 0 Å². The van der Waals surface area contributed by atoms with Crippen molar-refractivity contribution in [3.05, 3.63) is 0 Å². The zero-order chi connectivity index (χ0) is 17.2. The Labute approximate surface area is 191 Å². The van der Waals surface area contributed by atoms with Crippen LogP contribution >= 0.6 is 92.8 Å². The van der Waals surface area contributed by atoms with Gasteiger partial charge >= 0.3 is 37.7 Å². The molecule has 0 rings (SSSR count). The third-order valence-corrected chi connectivity index (χ3v) is 5.65. The van der Waals surface area contributed by atoms with Gasteiger partial charge in [-0.1, -0.05) is 92.8 Å². The van der Waals surface area contributed by atoms with E-state index in [9.17, 15) is 19.8 Å². The fourth-order valence-electron chi connectivity index (χ4n) is 0.358. The van der Waals surface area contributed by atoms with Gasteiger partial charge in [0.15, 0.2) is 17.3 Å². The zero-order valence-corrected chi connectivity index (χ0v) is 17.7. The maximum Gasteiger partial charge on any atom is 1.00 e. The summed E-state index contributed by atoms with van der Waals surface area (Å²) < 4.78 is -8.10. The molecule has 0 bridgehead atoms. The van der Waals surface area contributed by atoms with Crippen LogP contribution in [0.4, 0.5) is 0 Å². The van der Waals surface area contributed by atoms with Crippen molar-refractivity contribution in [1.29, 1.82) is 0 Å². The van der Waals surface area contributed by atoms with Gasteiger partial charge in [-0.2, -0.15) is 0 Å². The van der Waals surface area contributed by atoms with Crippen molar-refractivity contribution in [3.63, 3.8) is 0 Å². The van der Waals surface area contributed by atoms with E-state index in [4.69, 9.17) is 92.8 Å². The first-order chi connectivity index (χ1) is 8.39. The summed E-state index contributed by atoms with van der Waals surface area (Å²) >= 11 is 41.9. The van der Waals surface area contributed by atoms with Gasteiger partial charge in [-0.15, -0.1) is 0 Å². The van der Waals surface area contributed by atoms with Crippen LogP contribution in [0.2, 0.25) is 0 Å². The van der Waals surface area contributed by atoms with Crippen LogP contribution in [0.25, 0.3) is 0 Å². The van der Waals surface area contributed by atoms with E-state index in [1.54, 1.807) is 0 Å². The number of rotatable bonds is 4. The third-order valence-electron chi connectivity index (χ3n) is 1.62. The van der Waals surface area contributed by atoms with Crippen molar-refractivity contribution in [2.75, 3.05) is 0 Å². The van der Waals surface area contributed by atoms with Crippen molar-refractivity contribution in [3.8, 4) is 0 Å². The number of aliphatic carboxylic acids is 2. The molecule has 0 aliphatic carbocycles. The van der Waals surface area contributed by atoms with Gasteiger partial charge in [0.2, 0.25) is 0 Å². The Morgan fingerprint density at radius 3 is 0.773 bits per heavy atom. The topological polar surface area (TPSA) is 80.3 Å². The first-order valence-corrected chi connectivity index (χ1v) is 7.35. The monoisotopic (exact) mass is 460 g/mol. The molecule has 0 unspecified atom stereocenters. The number of hydrogen-bond acceptors (Lipinski definition) is 4. The maximum atomic E-state index is 10.1. The summed E-state index contributed by atoms with van der Waals surface area (Å²) in [6.07, 6.45) is 0. The number of hydrogen-bond donors (Lipinski definition) is 0. The van der Waals surface area contributed by atoms with E-state index in [1.165, 1.54) is 0 Å². The van der Waals surface area contributed by atoms with Gasteiger partial charge in [0.25, 0.3) is 0 Å². The van der Waals surface area contributed by atoms with Gasteiger partial charge in [0, 0.05) is 0 Å². The van der Waals surface area contributed by atoms with Crippen molar-refractivity contribution in [2.24, 2.45) is 0 Å². The van der Waals surface area contributed by atoms with E-state index in [0.29, 0.717) is 0 Å². The van der Waals surface area contributed by atoms with Crippen molar-refractivity contribution < 1.29 is 57.5 Å². The van der Waals surface area contributed by atoms with Gasteiger partial charge in [-0.3, -0.25) is 0 Å². The molecule has 120 valence electrons. The van der Waals surface area contributed by atoms with Crippen LogP contribution in [-0.4, -0.2) is 29.3 Å². The molecule has 22 heavy (non-hydrogen) atoms. The molecule has 0 atom stereocenters. The molecule has 0 radical (unpaired) electrons. The number of carbonyl (C=O) groups excluding carboxylic acids is 2. The van der Waals surface area contributed by atoms with Crippen LogP contribution in [0.3, 0.4) is 0 Å². The molecule has 14 heteroatoms. The summed E-state index contributed by atoms with van der Waals surface area (Å²) in [4.78, 5) is 20.2. The van der Waals surface area contributed by atoms with E-state index < -0.39 is 29.3 Å². The Bertz CT molecular complexity index is 341. The quantitative estimate of drug-likeness (QED) is 0.317. The standard InChI is InChI=1S/2C4H4Cl4O2.2Li/c2*1-3(5,6)4(7,8)2(9)10;;/h2*1H3,(H,9,10);;/q;;2*+1/p-2. The predicted octanol–water partition coefficient (Wildman–Crippen LogP) is -3.78. The summed E-state index contributed by atoms with van der Waals surface area (Å²) in [5.74, 6) is -3.44. The molecule has 0 amide bonds. The molecule has 0 saturated carbocycles. The molecule has 0 heterocycles. The molecule has 0 aromatic carbocycles. The third kappa shape index (κ3) is 9.81. The number of alkyl halides is 8. The van der Waals surface area contributed by atoms with Crippen molar-refractivity contribution in [2.45, 2.75) is 31.2 Å². The number of carboxylic acid groups (broad SMARTS) is 2. The Morgan fingerprint density at radius 2 is 0.773 bits per heavy atom. The molecule has 0 fully saturated rings. The van der Waals surface area contributed by atoms with Crippen LogP contribution in [0, 0.1) is 0 Å². The Balaban J connectivity index is -0.000000135. The Morgan fingerprint density at radius 1 is 0.636 bits per heavy atom. The summed E-state index contributed by atoms with van der Waals surface area (Å²) in [7, 11) is 0. The van der Waals surface area contributed by atoms with E-state index >= 15 is 0 Å². The van der Waals surface area contributed by atoms with Crippen LogP contribution in [0.1, 0.15) is 13.8 Å². The largest absolute Gasteiger partial charge is 1.00 e. The molecule has 0 saturated heterocycles. The van der Waals surface area contributed by atoms with Crippen LogP contribution in [0.5, 0.6) is 0 Å². The maximum absolute atomic E-state index is 10.1. The van der Waals surface area contributed by atoms with Crippen LogP contribution < -0.4 is 47.9 Å². The zero-order valence-electron chi connectivity index (χ0n) is 11.7. The average Bonchev–Trinajstić information content (AvgIpc) is 2.14. The SMILES string of the molecule is CC(Cl)(Cl)C(Cl)(Cl)C(=O)[O-].CC(Cl)(Cl)C(Cl)(Cl)C(=O)[O-].[Li+].[Li+]. The Kier molecular flexibility index (Phi) is 16.4. The normalized spacial score (nSPS) is 12.1. The number of carbonyl (C=O) groups is 2. The molecule has 0 spiro atoms. The summed E-state index contributed by atoms with van der Waals surface area (Å²) in [5.41, 5.74) is 0. The number of halogens is 8. The minimum atomic E-state index is -2.28. The van der Waals surface area contributed by atoms with Gasteiger partial charge < -0.3 is 19.8 Å². The fraction of sp³-hybridized carbons (Fsp3) is 0.750. The van der Waals surface area contributed by atoms with Gasteiger partial charge in [0.05, 0.1) is 11.9 Å². The first-order valence-electron chi connectivity index (χ1n) is 4.33. The van der Waals surface area contributed by atoms with Crippen LogP contribution in [0.15, 0.2) is 0 Å². The molecule has 4 nitrogen and oxygen atoms in total. The minimum absolute atomic E-state index is 0. The molecular formula is C8H6Cl8Li2O4. The molecule has 0 N–H and O–H groups in total. The van der Waals surface area contributed by atoms with Gasteiger partial charge in [-0.25, -0.2) is 0 Å². The second-order valence-corrected chi connectivity index (χ2v) is 9.57. The van der Waals surface area contributed by atoms with Crippen molar-refractivity contribution >= 4 is 105 Å². The molecular weight excluding hydrogens is 458 g/mol. The van der Waals surface area contributed by atoms with Crippen LogP contribution in [-0.2, 0) is 9.59 Å². The van der Waals surface area contributed by atoms with E-state index in [2.05, 4.69) is 0 Å². The Hall–Kier alpha value is 2.45. The molecule has 0 aromatic rings. The second kappa shape index (κ2) is 11.2. The summed E-state index contributed by atoms with van der Waals surface area (Å²) in [5, 5.41) is 20.2. The second-order valence-electron chi connectivity index (χ2n) is 3.50. The van der Waals surface area contributed by atoms with Gasteiger partial charge in [-0.05, 0) is 13.8 Å². The van der Waals surface area contributed by atoms with Gasteiger partial charge in [0.1, 0.15) is 0 Å². The average molecular weight is 464 g/mol. The molecule has 0 aliphatic rings. The fourth-order valence-corrected chi connectivity index (χ4v) is 0.667. The summed E-state index contributed by atoms with van der Waals surface area (Å²) in [6.45, 7) is 2.32. The minimum Gasteiger partial charge on any atom is -0.547 e. The van der Waals surface area contributed by atoms with E-state index in [-0.39, 0.29) is 37.7 Å². The molecule has 0 aromatic heterocycles. The number of carboxylic acids is 2. The van der Waals surface area contributed by atoms with E-state index in [1.807, 2.05) is 0 Å². The summed E-state index contributed by atoms with van der Waals surface area (Å²) in [6, 6.07) is 0. The smallest absolute Gasteiger partial charge is 0.547 e. The predicted molar refractivity (Wildman–Crippen MR) is 79.1 cm³/mol.